The summed E-state index contributed by atoms with van der Waals surface area (Å²) < 4.78 is 27.1. The van der Waals surface area contributed by atoms with Crippen LogP contribution in [-0.2, 0) is 39.6 Å². The summed E-state index contributed by atoms with van der Waals surface area (Å²) in [5.41, 5.74) is 6.24. The lowest BCUT2D eigenvalue weighted by atomic mass is 9.90. The molecule has 1 aliphatic heterocycles. The van der Waals surface area contributed by atoms with Crippen LogP contribution < -0.4 is 15.8 Å². The van der Waals surface area contributed by atoms with Crippen LogP contribution in [0.4, 0.5) is 5.69 Å². The van der Waals surface area contributed by atoms with E-state index >= 15 is 0 Å². The molecule has 14 heteroatoms. The molecule has 8 atom stereocenters. The minimum absolute atomic E-state index is 0.00988. The molecule has 48 heavy (non-hydrogen) atoms. The molecular formula is C34H58N6O7S. The molecule has 0 aliphatic carbocycles. The Bertz CT molecular complexity index is 1240. The summed E-state index contributed by atoms with van der Waals surface area (Å²) in [5.74, 6) is -1.78. The Morgan fingerprint density at radius 1 is 1.02 bits per heavy atom. The van der Waals surface area contributed by atoms with Crippen molar-refractivity contribution in [3.8, 4) is 0 Å². The third-order valence-electron chi connectivity index (χ3n) is 9.46. The Balaban J connectivity index is 2.16. The van der Waals surface area contributed by atoms with Crippen molar-refractivity contribution in [1.29, 1.82) is 0 Å². The summed E-state index contributed by atoms with van der Waals surface area (Å²) in [4.78, 5) is 59.0. The van der Waals surface area contributed by atoms with Crippen molar-refractivity contribution in [3.05, 3.63) is 24.3 Å². The van der Waals surface area contributed by atoms with Crippen molar-refractivity contribution in [3.63, 3.8) is 0 Å². The SMILES string of the molecule is CCC(C)C(C(CC(=O)N1CCC[C@H]1C(OC)C(C)C(=O)NS(=O)c1ccc(N)cc1)OC)N(C)C(=O)CNC(=O)C(C(C)C)N(C)C. The minimum atomic E-state index is -1.78. The van der Waals surface area contributed by atoms with Crippen molar-refractivity contribution in [2.24, 2.45) is 17.8 Å². The van der Waals surface area contributed by atoms with Gasteiger partial charge in [-0.2, -0.15) is 0 Å². The molecule has 1 aromatic rings. The van der Waals surface area contributed by atoms with Crippen LogP contribution in [0.25, 0.3) is 0 Å². The number of nitrogens with zero attached hydrogens (tertiary/aromatic N) is 3. The first-order valence-electron chi connectivity index (χ1n) is 16.7. The molecule has 0 saturated carbocycles. The summed E-state index contributed by atoms with van der Waals surface area (Å²) in [6.45, 7) is 9.96. The molecular weight excluding hydrogens is 636 g/mol. The molecule has 4 N–H and O–H groups in total. The number of carbonyl (C=O) groups is 4. The van der Waals surface area contributed by atoms with E-state index in [2.05, 4.69) is 10.0 Å². The lowest BCUT2D eigenvalue weighted by Gasteiger charge is -2.39. The Morgan fingerprint density at radius 2 is 1.65 bits per heavy atom. The Hall–Kier alpha value is -3.07. The number of nitrogens with two attached hydrogens (primary N) is 1. The molecule has 0 bridgehead atoms. The van der Waals surface area contributed by atoms with Gasteiger partial charge in [0.25, 0.3) is 0 Å². The standard InChI is InChI=1S/C34H58N6O7S/c1-11-22(4)31(39(8)29(42)20-36-34(44)30(21(2)3)38(6)7)27(46-9)19-28(41)40-18-12-13-26(40)32(47-10)23(5)33(43)37-48(45)25-16-14-24(35)15-17-25/h14-17,21-23,26-27,30-32H,11-13,18-20,35H2,1-10H3,(H,36,44)(H,37,43)/t22?,23?,26-,27?,30?,31?,32?,48?/m0/s1. The number of amides is 4. The molecule has 2 rings (SSSR count). The van der Waals surface area contributed by atoms with E-state index in [0.717, 1.165) is 12.8 Å². The van der Waals surface area contributed by atoms with E-state index in [9.17, 15) is 23.4 Å². The van der Waals surface area contributed by atoms with Gasteiger partial charge in [-0.1, -0.05) is 41.0 Å². The fourth-order valence-electron chi connectivity index (χ4n) is 6.69. The highest BCUT2D eigenvalue weighted by atomic mass is 32.2. The van der Waals surface area contributed by atoms with Crippen LogP contribution in [0.2, 0.25) is 0 Å². The average Bonchev–Trinajstić information content (AvgIpc) is 3.52. The van der Waals surface area contributed by atoms with Gasteiger partial charge in [-0.3, -0.25) is 28.8 Å². The summed E-state index contributed by atoms with van der Waals surface area (Å²) in [5, 5.41) is 2.79. The van der Waals surface area contributed by atoms with Crippen molar-refractivity contribution >= 4 is 40.3 Å². The molecule has 1 saturated heterocycles. The van der Waals surface area contributed by atoms with Crippen LogP contribution in [0.1, 0.15) is 60.3 Å². The molecule has 4 amide bonds. The second kappa shape index (κ2) is 19.2. The first-order chi connectivity index (χ1) is 22.6. The van der Waals surface area contributed by atoms with Crippen LogP contribution in [0.5, 0.6) is 0 Å². The predicted molar refractivity (Wildman–Crippen MR) is 187 cm³/mol. The van der Waals surface area contributed by atoms with Crippen LogP contribution >= 0.6 is 0 Å². The zero-order valence-electron chi connectivity index (χ0n) is 30.4. The molecule has 0 radical (unpaired) electrons. The average molecular weight is 695 g/mol. The smallest absolute Gasteiger partial charge is 0.242 e. The number of methoxy groups -OCH3 is 2. The van der Waals surface area contributed by atoms with E-state index in [4.69, 9.17) is 15.2 Å². The van der Waals surface area contributed by atoms with Crippen molar-refractivity contribution < 1.29 is 32.9 Å². The molecule has 1 heterocycles. The Kier molecular flexibility index (Phi) is 16.4. The number of ether oxygens (including phenoxy) is 2. The van der Waals surface area contributed by atoms with Crippen molar-refractivity contribution in [2.75, 3.05) is 54.2 Å². The third kappa shape index (κ3) is 10.7. The van der Waals surface area contributed by atoms with Gasteiger partial charge in [-0.15, -0.1) is 0 Å². The predicted octanol–water partition coefficient (Wildman–Crippen LogP) is 2.03. The minimum Gasteiger partial charge on any atom is -0.399 e. The summed E-state index contributed by atoms with van der Waals surface area (Å²) in [7, 11) is 6.60. The van der Waals surface area contributed by atoms with Gasteiger partial charge in [0.2, 0.25) is 23.6 Å². The van der Waals surface area contributed by atoms with E-state index in [-0.39, 0.29) is 54.6 Å². The molecule has 1 aromatic carbocycles. The van der Waals surface area contributed by atoms with E-state index in [1.807, 2.05) is 46.7 Å². The fourth-order valence-corrected chi connectivity index (χ4v) is 7.56. The number of hydrogen-bond donors (Lipinski definition) is 3. The highest BCUT2D eigenvalue weighted by molar-refractivity contribution is 7.83. The zero-order chi connectivity index (χ0) is 36.3. The lowest BCUT2D eigenvalue weighted by Crippen LogP contribution is -2.55. The molecule has 1 fully saturated rings. The quantitative estimate of drug-likeness (QED) is 0.195. The maximum atomic E-state index is 13.9. The molecule has 272 valence electrons. The topological polar surface area (TPSA) is 164 Å². The second-order valence-electron chi connectivity index (χ2n) is 13.3. The molecule has 7 unspecified atom stereocenters. The van der Waals surface area contributed by atoms with E-state index in [1.165, 1.54) is 14.2 Å². The van der Waals surface area contributed by atoms with Gasteiger partial charge in [-0.05, 0) is 63.0 Å². The van der Waals surface area contributed by atoms with Crippen LogP contribution in [0, 0.1) is 17.8 Å². The number of likely N-dealkylation sites (tertiary alicyclic amines) is 1. The number of hydrogen-bond acceptors (Lipinski definition) is 9. The first kappa shape index (κ1) is 41.1. The normalized spacial score (nSPS) is 19.2. The van der Waals surface area contributed by atoms with E-state index in [0.29, 0.717) is 23.5 Å². The van der Waals surface area contributed by atoms with Crippen molar-refractivity contribution in [1.82, 2.24) is 24.7 Å². The zero-order valence-corrected chi connectivity index (χ0v) is 31.2. The van der Waals surface area contributed by atoms with Crippen LogP contribution in [0.3, 0.4) is 0 Å². The highest BCUT2D eigenvalue weighted by Gasteiger charge is 2.42. The third-order valence-corrected chi connectivity index (χ3v) is 10.5. The van der Waals surface area contributed by atoms with Crippen LogP contribution in [0.15, 0.2) is 29.2 Å². The maximum Gasteiger partial charge on any atom is 0.242 e. The molecule has 13 nitrogen and oxygen atoms in total. The number of carbonyl (C=O) groups excluding carboxylic acids is 4. The molecule has 0 spiro atoms. The van der Waals surface area contributed by atoms with Gasteiger partial charge in [0.1, 0.15) is 0 Å². The van der Waals surface area contributed by atoms with Gasteiger partial charge in [0, 0.05) is 33.5 Å². The maximum absolute atomic E-state index is 13.9. The number of nitrogen functional groups attached to an aromatic ring is 1. The Morgan fingerprint density at radius 3 is 2.17 bits per heavy atom. The second-order valence-corrected chi connectivity index (χ2v) is 14.5. The monoisotopic (exact) mass is 694 g/mol. The van der Waals surface area contributed by atoms with Gasteiger partial charge in [0.15, 0.2) is 11.0 Å². The summed E-state index contributed by atoms with van der Waals surface area (Å²) in [6.07, 6.45) is 0.860. The number of rotatable bonds is 18. The molecule has 1 aliphatic rings. The number of anilines is 1. The summed E-state index contributed by atoms with van der Waals surface area (Å²) >= 11 is 0. The van der Waals surface area contributed by atoms with Gasteiger partial charge >= 0.3 is 0 Å². The largest absolute Gasteiger partial charge is 0.399 e. The van der Waals surface area contributed by atoms with Gasteiger partial charge in [-0.25, -0.2) is 4.21 Å². The first-order valence-corrected chi connectivity index (χ1v) is 17.9. The summed E-state index contributed by atoms with van der Waals surface area (Å²) in [6, 6.07) is 5.22. The lowest BCUT2D eigenvalue weighted by molar-refractivity contribution is -0.145. The number of nitrogens with one attached hydrogen (secondary N) is 2. The van der Waals surface area contributed by atoms with Gasteiger partial charge in [0.05, 0.1) is 54.1 Å². The highest BCUT2D eigenvalue weighted by Crippen LogP contribution is 2.29. The van der Waals surface area contributed by atoms with E-state index < -0.39 is 41.1 Å². The fraction of sp³-hybridized carbons (Fsp3) is 0.706. The number of benzene rings is 1. The molecule has 0 aromatic heterocycles. The van der Waals surface area contributed by atoms with Crippen molar-refractivity contribution in [2.45, 2.75) is 95.5 Å². The number of likely N-dealkylation sites (N-methyl/N-ethyl adjacent to an activating group) is 2. The Labute approximate surface area is 289 Å². The van der Waals surface area contributed by atoms with E-state index in [1.54, 1.807) is 48.0 Å². The van der Waals surface area contributed by atoms with Gasteiger partial charge < -0.3 is 30.3 Å². The van der Waals surface area contributed by atoms with Crippen LogP contribution in [-0.4, -0.2) is 121 Å².